The third-order valence-corrected chi connectivity index (χ3v) is 9.58. The summed E-state index contributed by atoms with van der Waals surface area (Å²) in [6.07, 6.45) is 0. The van der Waals surface area contributed by atoms with Crippen LogP contribution < -0.4 is 0 Å². The molecular formula is C5H12O3PSi2+. The molecule has 6 heteroatoms. The van der Waals surface area contributed by atoms with Crippen molar-refractivity contribution in [3.05, 3.63) is 0 Å². The summed E-state index contributed by atoms with van der Waals surface area (Å²) in [4.78, 5) is 0. The third-order valence-electron chi connectivity index (χ3n) is 1.59. The van der Waals surface area contributed by atoms with Gasteiger partial charge >= 0.3 is 8.25 Å². The molecule has 0 aliphatic carbocycles. The summed E-state index contributed by atoms with van der Waals surface area (Å²) in [5, 5.41) is 0. The van der Waals surface area contributed by atoms with E-state index < -0.39 is 26.3 Å². The van der Waals surface area contributed by atoms with E-state index in [2.05, 4.69) is 13.8 Å². The maximum Gasteiger partial charge on any atom is 0.672 e. The standard InChI is InChI=1S/C5H12O3PSi2/c1-3-10-5-11(4-2)8-9(6)7-10/h3-5H2,1-2H3/q+1. The van der Waals surface area contributed by atoms with Crippen LogP contribution in [-0.4, -0.2) is 18.1 Å². The maximum atomic E-state index is 11.0. The predicted molar refractivity (Wildman–Crippen MR) is 47.1 cm³/mol. The molecule has 0 N–H and O–H groups in total. The molecule has 0 aromatic heterocycles. The van der Waals surface area contributed by atoms with E-state index in [1.165, 1.54) is 0 Å². The molecule has 1 fully saturated rings. The van der Waals surface area contributed by atoms with E-state index in [1.54, 1.807) is 0 Å². The Bertz CT molecular complexity index is 141. The van der Waals surface area contributed by atoms with Crippen LogP contribution in [0.3, 0.4) is 0 Å². The molecule has 0 spiro atoms. The van der Waals surface area contributed by atoms with Crippen LogP contribution in [0.4, 0.5) is 0 Å². The first kappa shape index (κ1) is 9.54. The highest BCUT2D eigenvalue weighted by atomic mass is 31.1. The second-order valence-electron chi connectivity index (χ2n) is 2.37. The van der Waals surface area contributed by atoms with Crippen LogP contribution in [0.5, 0.6) is 0 Å². The smallest absolute Gasteiger partial charge is 0.177 e. The molecule has 1 heterocycles. The fourth-order valence-electron chi connectivity index (χ4n) is 0.893. The minimum atomic E-state index is -1.74. The van der Waals surface area contributed by atoms with Gasteiger partial charge in [-0.25, -0.2) is 0 Å². The van der Waals surface area contributed by atoms with Crippen LogP contribution in [0.2, 0.25) is 17.8 Å². The second-order valence-corrected chi connectivity index (χ2v) is 9.26. The molecule has 1 aliphatic heterocycles. The monoisotopic (exact) mass is 207 g/mol. The molecule has 0 bridgehead atoms. The van der Waals surface area contributed by atoms with Gasteiger partial charge in [0.05, 0.1) is 0 Å². The molecule has 1 aliphatic rings. The van der Waals surface area contributed by atoms with Crippen LogP contribution in [0, 0.1) is 0 Å². The first-order valence-corrected chi connectivity index (χ1v) is 8.52. The van der Waals surface area contributed by atoms with Crippen molar-refractivity contribution in [1.82, 2.24) is 0 Å². The Labute approximate surface area is 71.5 Å². The summed E-state index contributed by atoms with van der Waals surface area (Å²) < 4.78 is 21.3. The van der Waals surface area contributed by atoms with Crippen LogP contribution in [0.15, 0.2) is 0 Å². The lowest BCUT2D eigenvalue weighted by molar-refractivity contribution is 0.409. The van der Waals surface area contributed by atoms with Crippen molar-refractivity contribution in [2.75, 3.05) is 0 Å². The molecule has 1 saturated heterocycles. The van der Waals surface area contributed by atoms with E-state index in [4.69, 9.17) is 8.43 Å². The molecule has 0 saturated carbocycles. The summed E-state index contributed by atoms with van der Waals surface area (Å²) in [6, 6.07) is 2.09. The lowest BCUT2D eigenvalue weighted by Crippen LogP contribution is -2.30. The molecule has 3 nitrogen and oxygen atoms in total. The molecule has 0 aromatic carbocycles. The zero-order valence-electron chi connectivity index (χ0n) is 6.79. The number of rotatable bonds is 2. The molecular weight excluding hydrogens is 195 g/mol. The molecule has 0 atom stereocenters. The van der Waals surface area contributed by atoms with Gasteiger partial charge in [0.2, 0.25) is 0 Å². The Morgan fingerprint density at radius 1 is 1.27 bits per heavy atom. The number of hydrogen-bond donors (Lipinski definition) is 0. The molecule has 0 amide bonds. The van der Waals surface area contributed by atoms with E-state index >= 15 is 0 Å². The molecule has 0 aromatic rings. The third kappa shape index (κ3) is 2.76. The zero-order chi connectivity index (χ0) is 8.27. The summed E-state index contributed by atoms with van der Waals surface area (Å²) in [5.74, 6) is 0. The van der Waals surface area contributed by atoms with E-state index in [0.29, 0.717) is 0 Å². The van der Waals surface area contributed by atoms with Gasteiger partial charge in [0, 0.05) is 4.57 Å². The lowest BCUT2D eigenvalue weighted by atomic mass is 11.0. The summed E-state index contributed by atoms with van der Waals surface area (Å²) in [6.45, 7) is 4.19. The lowest BCUT2D eigenvalue weighted by Gasteiger charge is -2.12. The van der Waals surface area contributed by atoms with Gasteiger partial charge in [-0.05, 0) is 17.8 Å². The van der Waals surface area contributed by atoms with Gasteiger partial charge in [-0.3, -0.25) is 0 Å². The molecule has 0 unspecified atom stereocenters. The van der Waals surface area contributed by atoms with Crippen LogP contribution in [0.25, 0.3) is 0 Å². The topological polar surface area (TPSA) is 35.5 Å². The van der Waals surface area contributed by atoms with Gasteiger partial charge in [-0.15, -0.1) is 0 Å². The van der Waals surface area contributed by atoms with Gasteiger partial charge in [-0.1, -0.05) is 13.8 Å². The quantitative estimate of drug-likeness (QED) is 0.514. The van der Waals surface area contributed by atoms with Crippen molar-refractivity contribution in [3.8, 4) is 0 Å². The van der Waals surface area contributed by atoms with Gasteiger partial charge in [0.1, 0.15) is 0 Å². The van der Waals surface area contributed by atoms with Crippen LogP contribution in [-0.2, 0) is 13.0 Å². The van der Waals surface area contributed by atoms with Gasteiger partial charge in [-0.2, -0.15) is 8.43 Å². The highest BCUT2D eigenvalue weighted by molar-refractivity contribution is 7.38. The van der Waals surface area contributed by atoms with Crippen molar-refractivity contribution >= 4 is 26.3 Å². The van der Waals surface area contributed by atoms with E-state index in [9.17, 15) is 4.57 Å². The number of hydrogen-bond acceptors (Lipinski definition) is 3. The Morgan fingerprint density at radius 3 is 2.09 bits per heavy atom. The predicted octanol–water partition coefficient (Wildman–Crippen LogP) is 2.25. The molecule has 62 valence electrons. The van der Waals surface area contributed by atoms with Gasteiger partial charge in [0.15, 0.2) is 0 Å². The Morgan fingerprint density at radius 2 is 1.73 bits per heavy atom. The fourth-order valence-corrected chi connectivity index (χ4v) is 9.53. The highest BCUT2D eigenvalue weighted by Gasteiger charge is 2.41. The average molecular weight is 207 g/mol. The highest BCUT2D eigenvalue weighted by Crippen LogP contribution is 2.35. The minimum Gasteiger partial charge on any atom is -0.177 e. The van der Waals surface area contributed by atoms with Crippen LogP contribution in [0.1, 0.15) is 13.8 Å². The average Bonchev–Trinajstić information content (AvgIpc) is 2.03. The normalized spacial score (nSPS) is 22.5. The largest absolute Gasteiger partial charge is 0.672 e. The minimum absolute atomic E-state index is 0.760. The van der Waals surface area contributed by atoms with Gasteiger partial charge < -0.3 is 0 Å². The zero-order valence-corrected chi connectivity index (χ0v) is 9.69. The Kier molecular flexibility index (Phi) is 3.88. The van der Waals surface area contributed by atoms with Crippen molar-refractivity contribution < 1.29 is 13.0 Å². The molecule has 2 radical (unpaired) electrons. The van der Waals surface area contributed by atoms with Crippen molar-refractivity contribution in [2.24, 2.45) is 0 Å². The molecule has 1 rings (SSSR count). The summed E-state index contributed by atoms with van der Waals surface area (Å²) in [5.41, 5.74) is 1.09. The fraction of sp³-hybridized carbons (Fsp3) is 1.00. The SMILES string of the molecule is CC[Si]1C[Si](CC)O[P+](=O)O1. The van der Waals surface area contributed by atoms with Gasteiger partial charge in [0.25, 0.3) is 18.1 Å². The van der Waals surface area contributed by atoms with Crippen LogP contribution >= 0.6 is 8.25 Å². The second kappa shape index (κ2) is 4.47. The van der Waals surface area contributed by atoms with Crippen molar-refractivity contribution in [2.45, 2.75) is 31.6 Å². The Balaban J connectivity index is 2.43. The first-order valence-electron chi connectivity index (χ1n) is 3.78. The van der Waals surface area contributed by atoms with Crippen molar-refractivity contribution in [1.29, 1.82) is 0 Å². The van der Waals surface area contributed by atoms with E-state index in [-0.39, 0.29) is 0 Å². The van der Waals surface area contributed by atoms with E-state index in [1.807, 2.05) is 0 Å². The molecule has 11 heavy (non-hydrogen) atoms. The maximum absolute atomic E-state index is 11.0. The summed E-state index contributed by atoms with van der Waals surface area (Å²) >= 11 is 0. The van der Waals surface area contributed by atoms with Crippen molar-refractivity contribution in [3.63, 3.8) is 0 Å². The summed E-state index contributed by atoms with van der Waals surface area (Å²) in [7, 11) is -3.26. The first-order chi connectivity index (χ1) is 5.26. The van der Waals surface area contributed by atoms with E-state index in [0.717, 1.165) is 17.8 Å². The Hall–Kier alpha value is 0.454.